The van der Waals surface area contributed by atoms with Gasteiger partial charge in [-0.15, -0.1) is 0 Å². The first kappa shape index (κ1) is 18.8. The lowest BCUT2D eigenvalue weighted by atomic mass is 10.1. The van der Waals surface area contributed by atoms with Crippen LogP contribution in [0.4, 0.5) is 0 Å². The smallest absolute Gasteiger partial charge is 0.287 e. The van der Waals surface area contributed by atoms with Gasteiger partial charge in [-0.3, -0.25) is 4.79 Å². The fourth-order valence-electron chi connectivity index (χ4n) is 2.49. The van der Waals surface area contributed by atoms with Gasteiger partial charge in [0.15, 0.2) is 12.2 Å². The van der Waals surface area contributed by atoms with Crippen LogP contribution in [0.15, 0.2) is 67.1 Å². The third-order valence-electron chi connectivity index (χ3n) is 3.82. The minimum atomic E-state index is 0. The van der Waals surface area contributed by atoms with Gasteiger partial charge in [0.2, 0.25) is 5.78 Å². The van der Waals surface area contributed by atoms with E-state index in [0.717, 1.165) is 17.0 Å². The van der Waals surface area contributed by atoms with Crippen molar-refractivity contribution in [3.63, 3.8) is 0 Å². The van der Waals surface area contributed by atoms with Crippen LogP contribution in [0.3, 0.4) is 0 Å². The lowest BCUT2D eigenvalue weighted by molar-refractivity contribution is -0.686. The van der Waals surface area contributed by atoms with Crippen molar-refractivity contribution in [1.29, 1.82) is 0 Å². The number of Topliss-reactive ketones (excluding diaryl/α,β-unsaturated/α-hetero) is 1. The van der Waals surface area contributed by atoms with Crippen LogP contribution in [0.2, 0.25) is 0 Å². The second-order valence-corrected chi connectivity index (χ2v) is 5.64. The number of methoxy groups -OCH3 is 1. The van der Waals surface area contributed by atoms with Crippen LogP contribution >= 0.6 is 0 Å². The molecule has 0 radical (unpaired) electrons. The maximum atomic E-state index is 12.3. The Morgan fingerprint density at radius 3 is 2.48 bits per heavy atom. The molecule has 128 valence electrons. The highest BCUT2D eigenvalue weighted by atomic mass is 79.9. The number of aryl methyl sites for hydroxylation is 1. The van der Waals surface area contributed by atoms with Crippen molar-refractivity contribution in [2.24, 2.45) is 0 Å². The molecule has 0 fully saturated rings. The summed E-state index contributed by atoms with van der Waals surface area (Å²) in [5.74, 6) is 0.774. The summed E-state index contributed by atoms with van der Waals surface area (Å²) in [6, 6.07) is 17.2. The topological polar surface area (TPSA) is 43.1 Å². The second-order valence-electron chi connectivity index (χ2n) is 5.64. The highest BCUT2D eigenvalue weighted by Gasteiger charge is 2.12. The summed E-state index contributed by atoms with van der Waals surface area (Å²) in [4.78, 5) is 16.8. The Labute approximate surface area is 157 Å². The first-order valence-electron chi connectivity index (χ1n) is 7.75. The molecule has 1 aromatic heterocycles. The van der Waals surface area contributed by atoms with E-state index in [2.05, 4.69) is 24.0 Å². The van der Waals surface area contributed by atoms with E-state index in [9.17, 15) is 4.79 Å². The van der Waals surface area contributed by atoms with Crippen molar-refractivity contribution in [2.75, 3.05) is 7.11 Å². The largest absolute Gasteiger partial charge is 1.00 e. The summed E-state index contributed by atoms with van der Waals surface area (Å²) in [5, 5.41) is 0. The van der Waals surface area contributed by atoms with Gasteiger partial charge < -0.3 is 21.7 Å². The first-order valence-corrected chi connectivity index (χ1v) is 7.75. The van der Waals surface area contributed by atoms with Gasteiger partial charge >= 0.3 is 0 Å². The summed E-state index contributed by atoms with van der Waals surface area (Å²) < 4.78 is 6.89. The Morgan fingerprint density at radius 1 is 1.12 bits per heavy atom. The predicted octanol–water partition coefficient (Wildman–Crippen LogP) is 0.240. The predicted molar refractivity (Wildman–Crippen MR) is 91.9 cm³/mol. The van der Waals surface area contributed by atoms with Gasteiger partial charge in [0.25, 0.3) is 6.33 Å². The van der Waals surface area contributed by atoms with Crippen molar-refractivity contribution in [3.05, 3.63) is 78.2 Å². The average Bonchev–Trinajstić information content (AvgIpc) is 2.62. The van der Waals surface area contributed by atoms with E-state index in [0.29, 0.717) is 5.56 Å². The SMILES string of the molecule is COc1ccc(C(=O)C[n+]2ccc(-c3cccc(C)c3)nc2)cc1.[Br-]. The van der Waals surface area contributed by atoms with Crippen molar-refractivity contribution in [1.82, 2.24) is 4.98 Å². The van der Waals surface area contributed by atoms with Crippen LogP contribution in [0.1, 0.15) is 15.9 Å². The molecule has 0 unspecified atom stereocenters. The number of halogens is 1. The van der Waals surface area contributed by atoms with Crippen LogP contribution < -0.4 is 26.3 Å². The van der Waals surface area contributed by atoms with Gasteiger partial charge in [0, 0.05) is 17.2 Å². The molecule has 0 aliphatic carbocycles. The van der Waals surface area contributed by atoms with E-state index in [1.54, 1.807) is 42.3 Å². The van der Waals surface area contributed by atoms with E-state index < -0.39 is 0 Å². The van der Waals surface area contributed by atoms with Crippen LogP contribution in [0.25, 0.3) is 11.3 Å². The molecule has 0 saturated carbocycles. The molecule has 0 bridgehead atoms. The number of benzene rings is 2. The number of ether oxygens (including phenoxy) is 1. The van der Waals surface area contributed by atoms with E-state index in [1.807, 2.05) is 24.4 Å². The molecule has 3 rings (SSSR count). The second kappa shape index (κ2) is 8.53. The van der Waals surface area contributed by atoms with Gasteiger partial charge in [0.1, 0.15) is 5.75 Å². The van der Waals surface area contributed by atoms with Crippen molar-refractivity contribution in [3.8, 4) is 17.0 Å². The van der Waals surface area contributed by atoms with Crippen LogP contribution in [-0.4, -0.2) is 17.9 Å². The summed E-state index contributed by atoms with van der Waals surface area (Å²) in [5.41, 5.74) is 3.82. The van der Waals surface area contributed by atoms with Crippen LogP contribution in [0, 0.1) is 6.92 Å². The molecular weight excluding hydrogens is 380 g/mol. The minimum absolute atomic E-state index is 0. The lowest BCUT2D eigenvalue weighted by Gasteiger charge is -2.03. The summed E-state index contributed by atoms with van der Waals surface area (Å²) in [6.07, 6.45) is 3.57. The first-order chi connectivity index (χ1) is 11.7. The molecule has 0 aliphatic rings. The zero-order valence-corrected chi connectivity index (χ0v) is 15.7. The zero-order chi connectivity index (χ0) is 16.9. The Balaban J connectivity index is 0.00000225. The molecular formula is C20H19BrN2O2. The molecule has 3 aromatic rings. The Morgan fingerprint density at radius 2 is 1.88 bits per heavy atom. The lowest BCUT2D eigenvalue weighted by Crippen LogP contribution is -3.00. The van der Waals surface area contributed by atoms with Crippen molar-refractivity contribution in [2.45, 2.75) is 13.5 Å². The summed E-state index contributed by atoms with van der Waals surface area (Å²) in [6.45, 7) is 2.31. The number of carbonyl (C=O) groups is 1. The quantitative estimate of drug-likeness (QED) is 0.456. The monoisotopic (exact) mass is 398 g/mol. The Bertz CT molecular complexity index is 846. The summed E-state index contributed by atoms with van der Waals surface area (Å²) in [7, 11) is 1.61. The standard InChI is InChI=1S/C20H19N2O2.BrH/c1-15-4-3-5-17(12-15)19-10-11-22(14-21-19)13-20(23)16-6-8-18(24-2)9-7-16;/h3-12,14H,13H2,1-2H3;1H/q+1;/p-1. The molecule has 0 amide bonds. The number of aromatic nitrogens is 2. The van der Waals surface area contributed by atoms with E-state index in [-0.39, 0.29) is 29.3 Å². The van der Waals surface area contributed by atoms with E-state index in [1.165, 1.54) is 5.56 Å². The number of ketones is 1. The van der Waals surface area contributed by atoms with Gasteiger partial charge in [-0.05, 0) is 42.2 Å². The Kier molecular flexibility index (Phi) is 6.42. The highest BCUT2D eigenvalue weighted by Crippen LogP contribution is 2.16. The molecule has 4 nitrogen and oxygen atoms in total. The number of nitrogens with zero attached hydrogens (tertiary/aromatic N) is 2. The normalized spacial score (nSPS) is 10.0. The zero-order valence-electron chi connectivity index (χ0n) is 14.1. The molecule has 0 aliphatic heterocycles. The minimum Gasteiger partial charge on any atom is -1.00 e. The molecule has 1 heterocycles. The average molecular weight is 399 g/mol. The van der Waals surface area contributed by atoms with E-state index >= 15 is 0 Å². The van der Waals surface area contributed by atoms with Gasteiger partial charge in [-0.2, -0.15) is 0 Å². The van der Waals surface area contributed by atoms with Crippen molar-refractivity contribution < 1.29 is 31.1 Å². The fourth-order valence-corrected chi connectivity index (χ4v) is 2.49. The molecule has 2 aromatic carbocycles. The van der Waals surface area contributed by atoms with Gasteiger partial charge in [0.05, 0.1) is 13.3 Å². The third kappa shape index (κ3) is 4.73. The van der Waals surface area contributed by atoms with Crippen molar-refractivity contribution >= 4 is 5.78 Å². The molecule has 0 N–H and O–H groups in total. The number of rotatable bonds is 5. The number of hydrogen-bond acceptors (Lipinski definition) is 3. The van der Waals surface area contributed by atoms with Crippen LogP contribution in [-0.2, 0) is 6.54 Å². The maximum Gasteiger partial charge on any atom is 0.287 e. The highest BCUT2D eigenvalue weighted by molar-refractivity contribution is 5.95. The summed E-state index contributed by atoms with van der Waals surface area (Å²) >= 11 is 0. The molecule has 25 heavy (non-hydrogen) atoms. The Hall–Kier alpha value is -2.53. The van der Waals surface area contributed by atoms with Gasteiger partial charge in [-0.25, -0.2) is 4.57 Å². The molecule has 0 atom stereocenters. The fraction of sp³-hybridized carbons (Fsp3) is 0.150. The van der Waals surface area contributed by atoms with Crippen LogP contribution in [0.5, 0.6) is 5.75 Å². The number of hydrogen-bond donors (Lipinski definition) is 0. The third-order valence-corrected chi connectivity index (χ3v) is 3.82. The molecule has 5 heteroatoms. The molecule has 0 saturated heterocycles. The maximum absolute atomic E-state index is 12.3. The molecule has 0 spiro atoms. The van der Waals surface area contributed by atoms with E-state index in [4.69, 9.17) is 4.74 Å². The number of carbonyl (C=O) groups excluding carboxylic acids is 1. The van der Waals surface area contributed by atoms with Gasteiger partial charge in [-0.1, -0.05) is 23.8 Å².